The molecular weight excluding hydrogens is 413 g/mol. The lowest BCUT2D eigenvalue weighted by Crippen LogP contribution is -2.47. The van der Waals surface area contributed by atoms with Crippen LogP contribution in [0.25, 0.3) is 0 Å². The summed E-state index contributed by atoms with van der Waals surface area (Å²) in [6, 6.07) is 6.66. The zero-order valence-corrected chi connectivity index (χ0v) is 18.8. The predicted octanol–water partition coefficient (Wildman–Crippen LogP) is 3.16. The van der Waals surface area contributed by atoms with Crippen LogP contribution >= 0.6 is 24.8 Å². The Labute approximate surface area is 185 Å². The summed E-state index contributed by atoms with van der Waals surface area (Å²) in [5.74, 6) is 2.45. The van der Waals surface area contributed by atoms with Gasteiger partial charge >= 0.3 is 0 Å². The molecule has 0 radical (unpaired) electrons. The molecule has 8 heteroatoms. The number of nitrogens with zero attached hydrogens (tertiary/aromatic N) is 1. The highest BCUT2D eigenvalue weighted by atomic mass is 35.5. The summed E-state index contributed by atoms with van der Waals surface area (Å²) >= 11 is 0. The molecule has 3 fully saturated rings. The van der Waals surface area contributed by atoms with Crippen LogP contribution in [0, 0.1) is 5.92 Å². The van der Waals surface area contributed by atoms with Crippen molar-refractivity contribution >= 4 is 36.4 Å². The first-order chi connectivity index (χ1) is 13.2. The molecule has 6 nitrogen and oxygen atoms in total. The molecule has 3 aliphatic rings. The number of hydrogen-bond donors (Lipinski definition) is 2. The smallest absolute Gasteiger partial charge is 0.237 e. The summed E-state index contributed by atoms with van der Waals surface area (Å²) in [4.78, 5) is 15.0. The Balaban J connectivity index is 0.00000150. The van der Waals surface area contributed by atoms with E-state index in [1.165, 1.54) is 25.7 Å². The molecule has 0 bridgehead atoms. The van der Waals surface area contributed by atoms with Crippen LogP contribution in [0.5, 0.6) is 11.5 Å². The number of anilines is 1. The quantitative estimate of drug-likeness (QED) is 0.728. The molecule has 2 N–H and O–H groups in total. The minimum Gasteiger partial charge on any atom is -0.497 e. The number of nitrogens with one attached hydrogen (secondary N) is 2. The minimum atomic E-state index is -0.0101. The van der Waals surface area contributed by atoms with Gasteiger partial charge in [-0.15, -0.1) is 24.8 Å². The van der Waals surface area contributed by atoms with Gasteiger partial charge in [0.1, 0.15) is 11.5 Å². The third-order valence-corrected chi connectivity index (χ3v) is 6.42. The zero-order valence-electron chi connectivity index (χ0n) is 17.2. The van der Waals surface area contributed by atoms with E-state index < -0.39 is 0 Å². The normalized spacial score (nSPS) is 28.0. The van der Waals surface area contributed by atoms with Crippen LogP contribution in [0.15, 0.2) is 18.2 Å². The van der Waals surface area contributed by atoms with Crippen molar-refractivity contribution in [1.29, 1.82) is 0 Å². The first kappa shape index (κ1) is 23.9. The maximum Gasteiger partial charge on any atom is 0.237 e. The van der Waals surface area contributed by atoms with Gasteiger partial charge in [0.15, 0.2) is 0 Å². The molecule has 1 aliphatic carbocycles. The van der Waals surface area contributed by atoms with E-state index in [1.807, 2.05) is 18.2 Å². The third kappa shape index (κ3) is 5.41. The number of amides is 1. The van der Waals surface area contributed by atoms with E-state index in [0.717, 1.165) is 43.1 Å². The van der Waals surface area contributed by atoms with Crippen molar-refractivity contribution in [3.05, 3.63) is 18.2 Å². The van der Waals surface area contributed by atoms with Crippen molar-refractivity contribution < 1.29 is 14.3 Å². The number of benzene rings is 1. The monoisotopic (exact) mass is 445 g/mol. The highest BCUT2D eigenvalue weighted by Gasteiger charge is 2.39. The van der Waals surface area contributed by atoms with Gasteiger partial charge in [0.2, 0.25) is 5.91 Å². The molecule has 1 amide bonds. The van der Waals surface area contributed by atoms with Gasteiger partial charge < -0.3 is 25.0 Å². The fraction of sp³-hybridized carbons (Fsp3) is 0.667. The topological polar surface area (TPSA) is 62.8 Å². The van der Waals surface area contributed by atoms with E-state index in [4.69, 9.17) is 9.47 Å². The van der Waals surface area contributed by atoms with E-state index in [0.29, 0.717) is 12.0 Å². The molecule has 2 heterocycles. The molecule has 29 heavy (non-hydrogen) atoms. The molecule has 1 aromatic rings. The van der Waals surface area contributed by atoms with E-state index in [1.54, 1.807) is 14.2 Å². The summed E-state index contributed by atoms with van der Waals surface area (Å²) in [6.07, 6.45) is 7.08. The summed E-state index contributed by atoms with van der Waals surface area (Å²) in [5.41, 5.74) is 1.08. The third-order valence-electron chi connectivity index (χ3n) is 6.42. The molecule has 1 aromatic carbocycles. The number of hydrogen-bond acceptors (Lipinski definition) is 5. The Kier molecular flexibility index (Phi) is 8.73. The number of ether oxygens (including phenoxy) is 2. The van der Waals surface area contributed by atoms with Crippen LogP contribution in [0.4, 0.5) is 5.69 Å². The van der Waals surface area contributed by atoms with Crippen molar-refractivity contribution in [3.63, 3.8) is 0 Å². The average Bonchev–Trinajstić information content (AvgIpc) is 3.34. The Morgan fingerprint density at radius 1 is 1.07 bits per heavy atom. The van der Waals surface area contributed by atoms with Crippen molar-refractivity contribution in [2.75, 3.05) is 32.2 Å². The summed E-state index contributed by atoms with van der Waals surface area (Å²) in [6.45, 7) is 1.74. The van der Waals surface area contributed by atoms with Gasteiger partial charge in [-0.3, -0.25) is 4.79 Å². The van der Waals surface area contributed by atoms with Crippen LogP contribution in [-0.2, 0) is 4.79 Å². The first-order valence-corrected chi connectivity index (χ1v) is 10.2. The number of carbonyl (C=O) groups is 1. The fourth-order valence-corrected chi connectivity index (χ4v) is 4.91. The van der Waals surface area contributed by atoms with Crippen molar-refractivity contribution in [1.82, 2.24) is 10.6 Å². The van der Waals surface area contributed by atoms with E-state index in [9.17, 15) is 4.79 Å². The zero-order chi connectivity index (χ0) is 18.8. The standard InChI is InChI=1S/C21H31N3O3.2ClH/c1-26-17-10-16(11-18(12-17)27-2)24-8-7-15(13-24)22-21(25)20-9-14-5-3-4-6-19(14)23-20;;/h10-12,14-15,19-20,23H,3-9,13H2,1-2H3,(H,22,25);2*1H. The van der Waals surface area contributed by atoms with Gasteiger partial charge in [-0.2, -0.15) is 0 Å². The van der Waals surface area contributed by atoms with Crippen molar-refractivity contribution in [3.8, 4) is 11.5 Å². The number of carbonyl (C=O) groups excluding carboxylic acids is 1. The largest absolute Gasteiger partial charge is 0.497 e. The van der Waals surface area contributed by atoms with Crippen LogP contribution < -0.4 is 25.0 Å². The summed E-state index contributed by atoms with van der Waals surface area (Å²) in [5, 5.41) is 6.86. The SMILES string of the molecule is COc1cc(OC)cc(N2CCC(NC(=O)C3CC4CCCCC4N3)C2)c1.Cl.Cl. The molecule has 4 rings (SSSR count). The highest BCUT2D eigenvalue weighted by Crippen LogP contribution is 2.34. The van der Waals surface area contributed by atoms with Gasteiger partial charge in [-0.1, -0.05) is 12.8 Å². The molecule has 0 spiro atoms. The van der Waals surface area contributed by atoms with Gasteiger partial charge in [0, 0.05) is 49.1 Å². The molecule has 4 atom stereocenters. The van der Waals surface area contributed by atoms with E-state index in [2.05, 4.69) is 15.5 Å². The van der Waals surface area contributed by atoms with Gasteiger partial charge in [0.05, 0.1) is 20.3 Å². The Morgan fingerprint density at radius 2 is 1.76 bits per heavy atom. The lowest BCUT2D eigenvalue weighted by Gasteiger charge is -2.24. The number of halogens is 2. The molecule has 4 unspecified atom stereocenters. The van der Waals surface area contributed by atoms with E-state index >= 15 is 0 Å². The molecule has 2 aliphatic heterocycles. The van der Waals surface area contributed by atoms with E-state index in [-0.39, 0.29) is 42.8 Å². The molecule has 2 saturated heterocycles. The molecular formula is C21H33Cl2N3O3. The minimum absolute atomic E-state index is 0. The summed E-state index contributed by atoms with van der Waals surface area (Å²) in [7, 11) is 3.33. The second-order valence-corrected chi connectivity index (χ2v) is 8.12. The lowest BCUT2D eigenvalue weighted by atomic mass is 9.85. The second kappa shape index (κ2) is 10.6. The molecule has 1 saturated carbocycles. The molecule has 164 valence electrons. The maximum absolute atomic E-state index is 12.8. The van der Waals surface area contributed by atoms with Crippen molar-refractivity contribution in [2.45, 2.75) is 56.7 Å². The number of fused-ring (bicyclic) bond motifs is 1. The first-order valence-electron chi connectivity index (χ1n) is 10.2. The highest BCUT2D eigenvalue weighted by molar-refractivity contribution is 5.85. The lowest BCUT2D eigenvalue weighted by molar-refractivity contribution is -0.123. The van der Waals surface area contributed by atoms with Crippen LogP contribution in [0.1, 0.15) is 38.5 Å². The Bertz CT molecular complexity index is 655. The Morgan fingerprint density at radius 3 is 2.41 bits per heavy atom. The van der Waals surface area contributed by atoms with Crippen LogP contribution in [0.2, 0.25) is 0 Å². The van der Waals surface area contributed by atoms with Crippen LogP contribution in [-0.4, -0.2) is 51.3 Å². The molecule has 0 aromatic heterocycles. The fourth-order valence-electron chi connectivity index (χ4n) is 4.91. The summed E-state index contributed by atoms with van der Waals surface area (Å²) < 4.78 is 10.8. The van der Waals surface area contributed by atoms with Gasteiger partial charge in [-0.25, -0.2) is 0 Å². The number of rotatable bonds is 5. The average molecular weight is 446 g/mol. The van der Waals surface area contributed by atoms with Crippen molar-refractivity contribution in [2.24, 2.45) is 5.92 Å². The van der Waals surface area contributed by atoms with Gasteiger partial charge in [-0.05, 0) is 31.6 Å². The Hall–Kier alpha value is -1.37. The maximum atomic E-state index is 12.8. The number of methoxy groups -OCH3 is 2. The predicted molar refractivity (Wildman–Crippen MR) is 120 cm³/mol. The van der Waals surface area contributed by atoms with Gasteiger partial charge in [0.25, 0.3) is 0 Å². The van der Waals surface area contributed by atoms with Crippen LogP contribution in [0.3, 0.4) is 0 Å². The second-order valence-electron chi connectivity index (χ2n) is 8.12.